The topological polar surface area (TPSA) is 51.0 Å². The number of likely N-dealkylation sites (N-methyl/N-ethyl adjacent to an activating group) is 1. The first-order valence-corrected chi connectivity index (χ1v) is 7.76. The van der Waals surface area contributed by atoms with Crippen LogP contribution < -0.4 is 5.32 Å². The summed E-state index contributed by atoms with van der Waals surface area (Å²) in [5, 5.41) is 7.18. The lowest BCUT2D eigenvalue weighted by atomic mass is 10.2. The van der Waals surface area contributed by atoms with E-state index in [1.54, 1.807) is 11.8 Å². The van der Waals surface area contributed by atoms with E-state index in [1.807, 2.05) is 7.05 Å². The molecule has 20 heavy (non-hydrogen) atoms. The average molecular weight is 291 g/mol. The van der Waals surface area contributed by atoms with Crippen molar-refractivity contribution < 1.29 is 4.52 Å². The highest BCUT2D eigenvalue weighted by Crippen LogP contribution is 2.26. The van der Waals surface area contributed by atoms with Gasteiger partial charge in [-0.3, -0.25) is 0 Å². The van der Waals surface area contributed by atoms with Gasteiger partial charge in [0.1, 0.15) is 0 Å². The Hall–Kier alpha value is -1.33. The van der Waals surface area contributed by atoms with Crippen LogP contribution in [0.4, 0.5) is 0 Å². The Morgan fingerprint density at radius 3 is 2.90 bits per heavy atom. The normalized spacial score (nSPS) is 12.6. The molecule has 0 radical (unpaired) electrons. The lowest BCUT2D eigenvalue weighted by molar-refractivity contribution is 0.382. The molecule has 1 aromatic carbocycles. The summed E-state index contributed by atoms with van der Waals surface area (Å²) in [5.41, 5.74) is 2.55. The molecule has 0 saturated heterocycles. The van der Waals surface area contributed by atoms with E-state index in [0.29, 0.717) is 17.7 Å². The van der Waals surface area contributed by atoms with Crippen molar-refractivity contribution in [2.75, 3.05) is 7.05 Å². The second-order valence-corrected chi connectivity index (χ2v) is 6.07. The SMILES string of the molecule is CNC(C)Cc1noc(CSc2cc(C)ccc2C)n1. The second-order valence-electron chi connectivity index (χ2n) is 5.06. The van der Waals surface area contributed by atoms with Gasteiger partial charge in [-0.2, -0.15) is 4.98 Å². The van der Waals surface area contributed by atoms with Crippen LogP contribution in [0.25, 0.3) is 0 Å². The maximum atomic E-state index is 5.29. The fraction of sp³-hybridized carbons (Fsp3) is 0.467. The minimum atomic E-state index is 0.354. The van der Waals surface area contributed by atoms with E-state index in [9.17, 15) is 0 Å². The van der Waals surface area contributed by atoms with Crippen molar-refractivity contribution in [1.82, 2.24) is 15.5 Å². The summed E-state index contributed by atoms with van der Waals surface area (Å²) < 4.78 is 5.29. The quantitative estimate of drug-likeness (QED) is 0.829. The predicted octanol–water partition coefficient (Wildman–Crippen LogP) is 3.13. The first kappa shape index (κ1) is 15.1. The van der Waals surface area contributed by atoms with Crippen molar-refractivity contribution in [1.29, 1.82) is 0 Å². The summed E-state index contributed by atoms with van der Waals surface area (Å²) >= 11 is 1.74. The van der Waals surface area contributed by atoms with Crippen LogP contribution in [0, 0.1) is 13.8 Å². The summed E-state index contributed by atoms with van der Waals surface area (Å²) in [5.74, 6) is 2.17. The molecule has 1 aromatic heterocycles. The highest BCUT2D eigenvalue weighted by Gasteiger charge is 2.10. The minimum absolute atomic E-state index is 0.354. The zero-order valence-electron chi connectivity index (χ0n) is 12.4. The zero-order chi connectivity index (χ0) is 14.5. The second kappa shape index (κ2) is 6.90. The van der Waals surface area contributed by atoms with Crippen LogP contribution in [0.1, 0.15) is 29.8 Å². The number of nitrogens with zero attached hydrogens (tertiary/aromatic N) is 2. The largest absolute Gasteiger partial charge is 0.338 e. The summed E-state index contributed by atoms with van der Waals surface area (Å²) in [4.78, 5) is 5.70. The first-order valence-electron chi connectivity index (χ1n) is 6.77. The Balaban J connectivity index is 1.95. The van der Waals surface area contributed by atoms with Gasteiger partial charge in [-0.05, 0) is 39.4 Å². The van der Waals surface area contributed by atoms with Gasteiger partial charge in [-0.25, -0.2) is 0 Å². The average Bonchev–Trinajstić information content (AvgIpc) is 2.87. The lowest BCUT2D eigenvalue weighted by Gasteiger charge is -2.05. The molecule has 1 heterocycles. The third-order valence-corrected chi connectivity index (χ3v) is 4.33. The summed E-state index contributed by atoms with van der Waals surface area (Å²) in [6.45, 7) is 6.32. The van der Waals surface area contributed by atoms with E-state index < -0.39 is 0 Å². The molecule has 0 aliphatic rings. The Morgan fingerprint density at radius 1 is 1.35 bits per heavy atom. The van der Waals surface area contributed by atoms with E-state index in [4.69, 9.17) is 4.52 Å². The van der Waals surface area contributed by atoms with Crippen molar-refractivity contribution in [3.05, 3.63) is 41.0 Å². The molecule has 0 fully saturated rings. The number of rotatable bonds is 6. The number of hydrogen-bond acceptors (Lipinski definition) is 5. The summed E-state index contributed by atoms with van der Waals surface area (Å²) in [6, 6.07) is 6.82. The van der Waals surface area contributed by atoms with Gasteiger partial charge in [0.15, 0.2) is 5.82 Å². The van der Waals surface area contributed by atoms with Crippen molar-refractivity contribution in [3.63, 3.8) is 0 Å². The molecule has 1 unspecified atom stereocenters. The molecule has 0 amide bonds. The number of aromatic nitrogens is 2. The number of thioether (sulfide) groups is 1. The van der Waals surface area contributed by atoms with Crippen molar-refractivity contribution in [2.45, 2.75) is 43.9 Å². The molecule has 2 rings (SSSR count). The summed E-state index contributed by atoms with van der Waals surface area (Å²) in [6.07, 6.45) is 0.786. The molecule has 0 spiro atoms. The van der Waals surface area contributed by atoms with Crippen LogP contribution in [0.5, 0.6) is 0 Å². The van der Waals surface area contributed by atoms with E-state index in [1.165, 1.54) is 16.0 Å². The van der Waals surface area contributed by atoms with Crippen LogP contribution in [-0.4, -0.2) is 23.2 Å². The van der Waals surface area contributed by atoms with Crippen LogP contribution in [-0.2, 0) is 12.2 Å². The molecular formula is C15H21N3OS. The maximum Gasteiger partial charge on any atom is 0.237 e. The number of benzene rings is 1. The Kier molecular flexibility index (Phi) is 5.20. The molecule has 5 heteroatoms. The van der Waals surface area contributed by atoms with Gasteiger partial charge in [0.05, 0.1) is 5.75 Å². The molecular weight excluding hydrogens is 270 g/mol. The van der Waals surface area contributed by atoms with E-state index in [-0.39, 0.29) is 0 Å². The maximum absolute atomic E-state index is 5.29. The molecule has 0 bridgehead atoms. The zero-order valence-corrected chi connectivity index (χ0v) is 13.3. The summed E-state index contributed by atoms with van der Waals surface area (Å²) in [7, 11) is 1.93. The Morgan fingerprint density at radius 2 is 2.15 bits per heavy atom. The third-order valence-electron chi connectivity index (χ3n) is 3.19. The number of nitrogens with one attached hydrogen (secondary N) is 1. The highest BCUT2D eigenvalue weighted by molar-refractivity contribution is 7.98. The molecule has 0 aliphatic carbocycles. The monoisotopic (exact) mass is 291 g/mol. The van der Waals surface area contributed by atoms with Gasteiger partial charge < -0.3 is 9.84 Å². The van der Waals surface area contributed by atoms with E-state index in [0.717, 1.165) is 12.2 Å². The van der Waals surface area contributed by atoms with Gasteiger partial charge in [0.25, 0.3) is 0 Å². The smallest absolute Gasteiger partial charge is 0.237 e. The van der Waals surface area contributed by atoms with Gasteiger partial charge >= 0.3 is 0 Å². The third kappa shape index (κ3) is 4.08. The Bertz CT molecular complexity index is 568. The molecule has 1 atom stereocenters. The van der Waals surface area contributed by atoms with Crippen LogP contribution in [0.15, 0.2) is 27.6 Å². The molecule has 2 aromatic rings. The van der Waals surface area contributed by atoms with Crippen LogP contribution in [0.2, 0.25) is 0 Å². The van der Waals surface area contributed by atoms with Crippen molar-refractivity contribution in [2.24, 2.45) is 0 Å². The fourth-order valence-corrected chi connectivity index (χ4v) is 2.77. The van der Waals surface area contributed by atoms with Crippen molar-refractivity contribution in [3.8, 4) is 0 Å². The van der Waals surface area contributed by atoms with Gasteiger partial charge in [0, 0.05) is 17.4 Å². The van der Waals surface area contributed by atoms with E-state index >= 15 is 0 Å². The van der Waals surface area contributed by atoms with Crippen LogP contribution in [0.3, 0.4) is 0 Å². The van der Waals surface area contributed by atoms with E-state index in [2.05, 4.69) is 54.4 Å². The van der Waals surface area contributed by atoms with Gasteiger partial charge in [-0.15, -0.1) is 11.8 Å². The lowest BCUT2D eigenvalue weighted by Crippen LogP contribution is -2.24. The van der Waals surface area contributed by atoms with Crippen LogP contribution >= 0.6 is 11.8 Å². The Labute approximate surface area is 124 Å². The van der Waals surface area contributed by atoms with Crippen molar-refractivity contribution >= 4 is 11.8 Å². The minimum Gasteiger partial charge on any atom is -0.338 e. The molecule has 0 aliphatic heterocycles. The molecule has 1 N–H and O–H groups in total. The molecule has 4 nitrogen and oxygen atoms in total. The highest BCUT2D eigenvalue weighted by atomic mass is 32.2. The fourth-order valence-electron chi connectivity index (χ4n) is 1.81. The molecule has 0 saturated carbocycles. The molecule has 108 valence electrons. The standard InChI is InChI=1S/C15H21N3OS/c1-10-5-6-11(2)13(7-10)20-9-15-17-14(18-19-15)8-12(3)16-4/h5-7,12,16H,8-9H2,1-4H3. The predicted molar refractivity (Wildman–Crippen MR) is 82.0 cm³/mol. The van der Waals surface area contributed by atoms with Gasteiger partial charge in [-0.1, -0.05) is 22.9 Å². The number of hydrogen-bond donors (Lipinski definition) is 1. The number of aryl methyl sites for hydroxylation is 2. The van der Waals surface area contributed by atoms with Gasteiger partial charge in [0.2, 0.25) is 5.89 Å². The first-order chi connectivity index (χ1) is 9.58.